The minimum Gasteiger partial charge on any atom is -0.493 e. The van der Waals surface area contributed by atoms with Crippen LogP contribution >= 0.6 is 0 Å². The Bertz CT molecular complexity index is 1480. The second-order valence-electron chi connectivity index (χ2n) is 8.54. The first kappa shape index (κ1) is 20.6. The third kappa shape index (κ3) is 3.35. The van der Waals surface area contributed by atoms with Gasteiger partial charge in [-0.1, -0.05) is 69.4 Å². The van der Waals surface area contributed by atoms with E-state index < -0.39 is 0 Å². The number of ether oxygens (including phenoxy) is 1. The molecule has 32 heavy (non-hydrogen) atoms. The molecule has 0 fully saturated rings. The summed E-state index contributed by atoms with van der Waals surface area (Å²) in [6, 6.07) is 17.9. The Morgan fingerprint density at radius 3 is 2.41 bits per heavy atom. The van der Waals surface area contributed by atoms with Crippen LogP contribution in [0, 0.1) is 0 Å². The maximum Gasteiger partial charge on any atom is 0.202 e. The van der Waals surface area contributed by atoms with Gasteiger partial charge >= 0.3 is 0 Å². The van der Waals surface area contributed by atoms with Crippen LogP contribution in [0.25, 0.3) is 43.7 Å². The quantitative estimate of drug-likeness (QED) is 0.191. The Hall–Kier alpha value is -3.27. The smallest absolute Gasteiger partial charge is 0.202 e. The van der Waals surface area contributed by atoms with Crippen LogP contribution in [0.2, 0.25) is 0 Å². The standard InChI is InChI=1S/C28H29NO3/c1-3-4-5-6-7-12-17-29-22-15-10-8-13-19(22)21-18-24(31-2)28-25(26(21)29)27(30)20-14-9-11-16-23(20)32-28/h8-11,13-16,18H,3-7,12,17H2,1-2H3. The summed E-state index contributed by atoms with van der Waals surface area (Å²) in [6.45, 7) is 3.12. The van der Waals surface area contributed by atoms with Crippen LogP contribution in [0.1, 0.15) is 45.4 Å². The van der Waals surface area contributed by atoms with Gasteiger partial charge in [0.2, 0.25) is 5.43 Å². The van der Waals surface area contributed by atoms with Gasteiger partial charge in [-0.2, -0.15) is 0 Å². The normalized spacial score (nSPS) is 11.8. The van der Waals surface area contributed by atoms with Gasteiger partial charge < -0.3 is 13.7 Å². The van der Waals surface area contributed by atoms with Crippen molar-refractivity contribution in [2.24, 2.45) is 0 Å². The number of methoxy groups -OCH3 is 1. The molecule has 0 aliphatic heterocycles. The molecule has 0 saturated carbocycles. The highest BCUT2D eigenvalue weighted by Crippen LogP contribution is 2.39. The van der Waals surface area contributed by atoms with Gasteiger partial charge in [-0.3, -0.25) is 4.79 Å². The molecule has 0 unspecified atom stereocenters. The van der Waals surface area contributed by atoms with Crippen molar-refractivity contribution in [1.29, 1.82) is 0 Å². The van der Waals surface area contributed by atoms with Gasteiger partial charge in [0.25, 0.3) is 0 Å². The monoisotopic (exact) mass is 427 g/mol. The number of benzene rings is 3. The fourth-order valence-corrected chi connectivity index (χ4v) is 4.91. The molecule has 0 bridgehead atoms. The largest absolute Gasteiger partial charge is 0.493 e. The molecule has 3 aromatic carbocycles. The van der Waals surface area contributed by atoms with Crippen LogP contribution in [0.15, 0.2) is 63.8 Å². The van der Waals surface area contributed by atoms with Gasteiger partial charge in [0.05, 0.1) is 23.4 Å². The third-order valence-electron chi connectivity index (χ3n) is 6.50. The predicted octanol–water partition coefficient (Wildman–Crippen LogP) is 7.42. The summed E-state index contributed by atoms with van der Waals surface area (Å²) in [5, 5.41) is 3.39. The maximum atomic E-state index is 13.7. The van der Waals surface area contributed by atoms with Gasteiger partial charge in [-0.15, -0.1) is 0 Å². The lowest BCUT2D eigenvalue weighted by atomic mass is 10.1. The molecule has 4 heteroatoms. The summed E-state index contributed by atoms with van der Waals surface area (Å²) in [6.07, 6.45) is 7.38. The van der Waals surface area contributed by atoms with E-state index in [-0.39, 0.29) is 5.43 Å². The van der Waals surface area contributed by atoms with E-state index in [0.29, 0.717) is 27.7 Å². The van der Waals surface area contributed by atoms with E-state index in [4.69, 9.17) is 9.15 Å². The Kier molecular flexibility index (Phi) is 5.60. The van der Waals surface area contributed by atoms with Crippen molar-refractivity contribution in [2.45, 2.75) is 52.0 Å². The van der Waals surface area contributed by atoms with Gasteiger partial charge in [-0.05, 0) is 30.7 Å². The summed E-state index contributed by atoms with van der Waals surface area (Å²) in [5.41, 5.74) is 3.21. The van der Waals surface area contributed by atoms with Crippen molar-refractivity contribution in [1.82, 2.24) is 4.57 Å². The maximum absolute atomic E-state index is 13.7. The van der Waals surface area contributed by atoms with Crippen molar-refractivity contribution in [3.63, 3.8) is 0 Å². The Morgan fingerprint density at radius 1 is 0.875 bits per heavy atom. The molecule has 0 aliphatic rings. The number of unbranched alkanes of at least 4 members (excludes halogenated alkanes) is 5. The molecule has 0 spiro atoms. The third-order valence-corrected chi connectivity index (χ3v) is 6.50. The first-order valence-corrected chi connectivity index (χ1v) is 11.7. The number of aryl methyl sites for hydroxylation is 1. The van der Waals surface area contributed by atoms with Crippen molar-refractivity contribution in [3.8, 4) is 5.75 Å². The number of nitrogens with zero attached hydrogens (tertiary/aromatic N) is 1. The van der Waals surface area contributed by atoms with Crippen LogP contribution in [-0.2, 0) is 6.54 Å². The molecule has 0 aliphatic carbocycles. The molecular formula is C28H29NO3. The van der Waals surface area contributed by atoms with Crippen molar-refractivity contribution in [3.05, 3.63) is 64.8 Å². The zero-order valence-electron chi connectivity index (χ0n) is 18.8. The van der Waals surface area contributed by atoms with E-state index in [2.05, 4.69) is 35.8 Å². The molecule has 4 nitrogen and oxygen atoms in total. The molecule has 5 rings (SSSR count). The van der Waals surface area contributed by atoms with E-state index in [0.717, 1.165) is 34.8 Å². The van der Waals surface area contributed by atoms with Crippen LogP contribution in [0.5, 0.6) is 5.75 Å². The van der Waals surface area contributed by atoms with Crippen molar-refractivity contribution >= 4 is 43.7 Å². The number of hydrogen-bond acceptors (Lipinski definition) is 3. The zero-order valence-corrected chi connectivity index (χ0v) is 18.8. The number of fused-ring (bicyclic) bond motifs is 6. The molecule has 0 N–H and O–H groups in total. The molecule has 0 saturated heterocycles. The highest BCUT2D eigenvalue weighted by molar-refractivity contribution is 6.19. The topological polar surface area (TPSA) is 44.4 Å². The van der Waals surface area contributed by atoms with Crippen LogP contribution in [0.3, 0.4) is 0 Å². The molecular weight excluding hydrogens is 398 g/mol. The SMILES string of the molecule is CCCCCCCCn1c2ccccc2c2cc(OC)c3oc4ccccc4c(=O)c3c21. The lowest BCUT2D eigenvalue weighted by molar-refractivity contribution is 0.412. The summed E-state index contributed by atoms with van der Waals surface area (Å²) in [5.74, 6) is 0.595. The lowest BCUT2D eigenvalue weighted by Gasteiger charge is -2.11. The lowest BCUT2D eigenvalue weighted by Crippen LogP contribution is -2.07. The first-order chi connectivity index (χ1) is 15.7. The van der Waals surface area contributed by atoms with Crippen LogP contribution in [-0.4, -0.2) is 11.7 Å². The van der Waals surface area contributed by atoms with E-state index in [1.807, 2.05) is 30.3 Å². The molecule has 5 aromatic rings. The molecule has 0 amide bonds. The molecule has 2 aromatic heterocycles. The first-order valence-electron chi connectivity index (χ1n) is 11.7. The van der Waals surface area contributed by atoms with Crippen LogP contribution < -0.4 is 10.2 Å². The Balaban J connectivity index is 1.77. The van der Waals surface area contributed by atoms with E-state index in [1.54, 1.807) is 7.11 Å². The number of hydrogen-bond donors (Lipinski definition) is 0. The summed E-state index contributed by atoms with van der Waals surface area (Å²) < 4.78 is 14.2. The minimum absolute atomic E-state index is 0.00208. The van der Waals surface area contributed by atoms with E-state index in [1.165, 1.54) is 32.1 Å². The fourth-order valence-electron chi connectivity index (χ4n) is 4.91. The van der Waals surface area contributed by atoms with Crippen LogP contribution in [0.4, 0.5) is 0 Å². The number of para-hydroxylation sites is 2. The number of rotatable bonds is 8. The molecule has 2 heterocycles. The zero-order chi connectivity index (χ0) is 22.1. The summed E-state index contributed by atoms with van der Waals surface area (Å²) in [4.78, 5) is 13.7. The average molecular weight is 428 g/mol. The Morgan fingerprint density at radius 2 is 1.59 bits per heavy atom. The molecule has 0 radical (unpaired) electrons. The van der Waals surface area contributed by atoms with Crippen molar-refractivity contribution in [2.75, 3.05) is 7.11 Å². The fraction of sp³-hybridized carbons (Fsp3) is 0.321. The minimum atomic E-state index is -0.00208. The van der Waals surface area contributed by atoms with Gasteiger partial charge in [0.15, 0.2) is 11.3 Å². The second kappa shape index (κ2) is 8.70. The van der Waals surface area contributed by atoms with Gasteiger partial charge in [0, 0.05) is 22.8 Å². The van der Waals surface area contributed by atoms with Gasteiger partial charge in [-0.25, -0.2) is 0 Å². The van der Waals surface area contributed by atoms with E-state index >= 15 is 0 Å². The molecule has 164 valence electrons. The Labute approximate surface area is 187 Å². The summed E-state index contributed by atoms with van der Waals surface area (Å²) >= 11 is 0. The predicted molar refractivity (Wildman–Crippen MR) is 133 cm³/mol. The average Bonchev–Trinajstić information content (AvgIpc) is 3.14. The highest BCUT2D eigenvalue weighted by atomic mass is 16.5. The number of aromatic nitrogens is 1. The molecule has 0 atom stereocenters. The second-order valence-corrected chi connectivity index (χ2v) is 8.54. The summed E-state index contributed by atoms with van der Waals surface area (Å²) in [7, 11) is 1.63. The van der Waals surface area contributed by atoms with E-state index in [9.17, 15) is 4.79 Å². The van der Waals surface area contributed by atoms with Crippen molar-refractivity contribution < 1.29 is 9.15 Å². The van der Waals surface area contributed by atoms with Gasteiger partial charge in [0.1, 0.15) is 5.58 Å². The highest BCUT2D eigenvalue weighted by Gasteiger charge is 2.21.